The molecule has 0 aromatic heterocycles. The molecule has 1 unspecified atom stereocenters. The Bertz CT molecular complexity index is 566. The molecule has 0 saturated carbocycles. The van der Waals surface area contributed by atoms with Gasteiger partial charge in [-0.3, -0.25) is 4.79 Å². The molecule has 1 atom stereocenters. The molecule has 0 fully saturated rings. The van der Waals surface area contributed by atoms with E-state index in [-0.39, 0.29) is 25.0 Å². The van der Waals surface area contributed by atoms with Gasteiger partial charge in [-0.1, -0.05) is 42.5 Å². The predicted molar refractivity (Wildman–Crippen MR) is 81.1 cm³/mol. The molecule has 21 heavy (non-hydrogen) atoms. The third-order valence-electron chi connectivity index (χ3n) is 3.24. The highest BCUT2D eigenvalue weighted by molar-refractivity contribution is 5.79. The van der Waals surface area contributed by atoms with Crippen LogP contribution in [0.1, 0.15) is 17.2 Å². The van der Waals surface area contributed by atoms with E-state index in [2.05, 4.69) is 5.32 Å². The number of aliphatic hydroxyl groups is 1. The zero-order chi connectivity index (χ0) is 15.1. The molecule has 2 aromatic carbocycles. The molecule has 110 valence electrons. The Morgan fingerprint density at radius 3 is 2.38 bits per heavy atom. The highest BCUT2D eigenvalue weighted by Crippen LogP contribution is 2.14. The van der Waals surface area contributed by atoms with Crippen LogP contribution in [0.2, 0.25) is 0 Å². The van der Waals surface area contributed by atoms with Crippen molar-refractivity contribution in [2.24, 2.45) is 0 Å². The molecule has 0 aliphatic carbocycles. The lowest BCUT2D eigenvalue weighted by Crippen LogP contribution is -2.31. The number of benzene rings is 2. The number of rotatable bonds is 6. The van der Waals surface area contributed by atoms with Crippen LogP contribution < -0.4 is 10.1 Å². The van der Waals surface area contributed by atoms with E-state index in [0.29, 0.717) is 0 Å². The lowest BCUT2D eigenvalue weighted by Gasteiger charge is -2.16. The fraction of sp³-hybridized carbons (Fsp3) is 0.235. The summed E-state index contributed by atoms with van der Waals surface area (Å²) in [4.78, 5) is 12.1. The molecule has 0 heterocycles. The van der Waals surface area contributed by atoms with Crippen molar-refractivity contribution in [2.75, 3.05) is 13.7 Å². The van der Waals surface area contributed by atoms with Gasteiger partial charge in [0.1, 0.15) is 5.75 Å². The molecular formula is C17H19NO3. The summed E-state index contributed by atoms with van der Waals surface area (Å²) in [6, 6.07) is 16.4. The SMILES string of the molecule is COc1ccc(CC(=O)NC(CO)c2ccccc2)cc1. The molecule has 2 aromatic rings. The van der Waals surface area contributed by atoms with Gasteiger partial charge >= 0.3 is 0 Å². The number of hydrogen-bond donors (Lipinski definition) is 2. The fourth-order valence-electron chi connectivity index (χ4n) is 2.09. The first kappa shape index (κ1) is 15.1. The standard InChI is InChI=1S/C17H19NO3/c1-21-15-9-7-13(8-10-15)11-17(20)18-16(12-19)14-5-3-2-4-6-14/h2-10,16,19H,11-12H2,1H3,(H,18,20). The fourth-order valence-corrected chi connectivity index (χ4v) is 2.09. The first-order valence-corrected chi connectivity index (χ1v) is 6.81. The van der Waals surface area contributed by atoms with Crippen LogP contribution in [-0.4, -0.2) is 24.7 Å². The molecule has 0 radical (unpaired) electrons. The molecule has 0 spiro atoms. The van der Waals surface area contributed by atoms with E-state index in [1.54, 1.807) is 7.11 Å². The predicted octanol–water partition coefficient (Wildman–Crippen LogP) is 2.09. The monoisotopic (exact) mass is 285 g/mol. The number of amides is 1. The van der Waals surface area contributed by atoms with Gasteiger partial charge < -0.3 is 15.2 Å². The topological polar surface area (TPSA) is 58.6 Å². The quantitative estimate of drug-likeness (QED) is 0.854. The highest BCUT2D eigenvalue weighted by atomic mass is 16.5. The molecule has 2 N–H and O–H groups in total. The van der Waals surface area contributed by atoms with Crippen molar-refractivity contribution in [3.63, 3.8) is 0 Å². The summed E-state index contributed by atoms with van der Waals surface area (Å²) in [5.74, 6) is 0.639. The van der Waals surface area contributed by atoms with Crippen molar-refractivity contribution >= 4 is 5.91 Å². The van der Waals surface area contributed by atoms with Crippen LogP contribution in [-0.2, 0) is 11.2 Å². The third-order valence-corrected chi connectivity index (χ3v) is 3.24. The highest BCUT2D eigenvalue weighted by Gasteiger charge is 2.13. The molecule has 4 nitrogen and oxygen atoms in total. The van der Waals surface area contributed by atoms with Gasteiger partial charge in [0.25, 0.3) is 0 Å². The zero-order valence-corrected chi connectivity index (χ0v) is 12.0. The number of aliphatic hydroxyl groups excluding tert-OH is 1. The first-order chi connectivity index (χ1) is 10.2. The van der Waals surface area contributed by atoms with Crippen molar-refractivity contribution in [1.29, 1.82) is 0 Å². The van der Waals surface area contributed by atoms with Crippen LogP contribution in [0, 0.1) is 0 Å². The van der Waals surface area contributed by atoms with Gasteiger partial charge in [0, 0.05) is 0 Å². The Hall–Kier alpha value is -2.33. The second-order valence-corrected chi connectivity index (χ2v) is 4.74. The van der Waals surface area contributed by atoms with E-state index < -0.39 is 0 Å². The van der Waals surface area contributed by atoms with Crippen LogP contribution >= 0.6 is 0 Å². The molecule has 0 bridgehead atoms. The summed E-state index contributed by atoms with van der Waals surface area (Å²) in [6.07, 6.45) is 0.271. The van der Waals surface area contributed by atoms with Crippen LogP contribution in [0.3, 0.4) is 0 Å². The largest absolute Gasteiger partial charge is 0.497 e. The molecule has 1 amide bonds. The van der Waals surface area contributed by atoms with Gasteiger partial charge in [-0.25, -0.2) is 0 Å². The number of carbonyl (C=O) groups is 1. The lowest BCUT2D eigenvalue weighted by atomic mass is 10.1. The Kier molecular flexibility index (Phi) is 5.35. The minimum absolute atomic E-state index is 0.122. The summed E-state index contributed by atoms with van der Waals surface area (Å²) in [6.45, 7) is -0.127. The summed E-state index contributed by atoms with van der Waals surface area (Å²) in [5.41, 5.74) is 1.79. The second-order valence-electron chi connectivity index (χ2n) is 4.74. The molecule has 0 aliphatic heterocycles. The Balaban J connectivity index is 1.96. The van der Waals surface area contributed by atoms with Gasteiger partial charge in [-0.05, 0) is 23.3 Å². The Labute approximate surface area is 124 Å². The van der Waals surface area contributed by atoms with Crippen LogP contribution in [0.5, 0.6) is 5.75 Å². The normalized spacial score (nSPS) is 11.7. The second kappa shape index (κ2) is 7.45. The maximum Gasteiger partial charge on any atom is 0.224 e. The van der Waals surface area contributed by atoms with E-state index in [9.17, 15) is 9.90 Å². The number of hydrogen-bond acceptors (Lipinski definition) is 3. The number of ether oxygens (including phenoxy) is 1. The van der Waals surface area contributed by atoms with Crippen molar-refractivity contribution < 1.29 is 14.6 Å². The van der Waals surface area contributed by atoms with Crippen molar-refractivity contribution in [3.05, 3.63) is 65.7 Å². The van der Waals surface area contributed by atoms with Crippen LogP contribution in [0.4, 0.5) is 0 Å². The summed E-state index contributed by atoms with van der Waals surface area (Å²) < 4.78 is 5.08. The van der Waals surface area contributed by atoms with Gasteiger partial charge in [0.2, 0.25) is 5.91 Å². The van der Waals surface area contributed by atoms with E-state index >= 15 is 0 Å². The van der Waals surface area contributed by atoms with Crippen molar-refractivity contribution in [3.8, 4) is 5.75 Å². The maximum absolute atomic E-state index is 12.1. The Morgan fingerprint density at radius 1 is 1.14 bits per heavy atom. The van der Waals surface area contributed by atoms with Crippen molar-refractivity contribution in [1.82, 2.24) is 5.32 Å². The van der Waals surface area contributed by atoms with E-state index in [1.165, 1.54) is 0 Å². The average Bonchev–Trinajstić information content (AvgIpc) is 2.54. The van der Waals surface area contributed by atoms with Gasteiger partial charge in [0.05, 0.1) is 26.2 Å². The lowest BCUT2D eigenvalue weighted by molar-refractivity contribution is -0.121. The van der Waals surface area contributed by atoms with Gasteiger partial charge in [0.15, 0.2) is 0 Å². The summed E-state index contributed by atoms with van der Waals surface area (Å²) >= 11 is 0. The molecule has 0 aliphatic rings. The summed E-state index contributed by atoms with van der Waals surface area (Å²) in [7, 11) is 1.60. The zero-order valence-electron chi connectivity index (χ0n) is 12.0. The minimum Gasteiger partial charge on any atom is -0.497 e. The van der Waals surface area contributed by atoms with E-state index in [1.807, 2.05) is 54.6 Å². The number of methoxy groups -OCH3 is 1. The van der Waals surface area contributed by atoms with Crippen LogP contribution in [0.15, 0.2) is 54.6 Å². The first-order valence-electron chi connectivity index (χ1n) is 6.81. The molecular weight excluding hydrogens is 266 g/mol. The van der Waals surface area contributed by atoms with E-state index in [4.69, 9.17) is 4.74 Å². The maximum atomic E-state index is 12.1. The third kappa shape index (κ3) is 4.33. The molecule has 0 saturated heterocycles. The smallest absolute Gasteiger partial charge is 0.224 e. The van der Waals surface area contributed by atoms with Gasteiger partial charge in [-0.15, -0.1) is 0 Å². The number of nitrogens with one attached hydrogen (secondary N) is 1. The number of carbonyl (C=O) groups excluding carboxylic acids is 1. The van der Waals surface area contributed by atoms with Crippen LogP contribution in [0.25, 0.3) is 0 Å². The summed E-state index contributed by atoms with van der Waals surface area (Å²) in [5, 5.41) is 12.3. The molecule has 4 heteroatoms. The Morgan fingerprint density at radius 2 is 1.81 bits per heavy atom. The minimum atomic E-state index is -0.378. The van der Waals surface area contributed by atoms with Gasteiger partial charge in [-0.2, -0.15) is 0 Å². The van der Waals surface area contributed by atoms with E-state index in [0.717, 1.165) is 16.9 Å². The average molecular weight is 285 g/mol. The van der Waals surface area contributed by atoms with Crippen molar-refractivity contribution in [2.45, 2.75) is 12.5 Å². The molecule has 2 rings (SSSR count).